The molecule has 0 aliphatic carbocycles. The maximum atomic E-state index is 8.42. The Morgan fingerprint density at radius 3 is 2.32 bits per heavy atom. The molecule has 0 amide bonds. The smallest absolute Gasteiger partial charge is 0.173 e. The Balaban J connectivity index is 0.00000180. The Kier molecular flexibility index (Phi) is 5.82. The van der Waals surface area contributed by atoms with Gasteiger partial charge in [-0.15, -0.1) is 0 Å². The van der Waals surface area contributed by atoms with Gasteiger partial charge in [0.15, 0.2) is 18.9 Å². The average molecular weight is 279 g/mol. The van der Waals surface area contributed by atoms with E-state index < -0.39 is 0 Å². The normalized spacial score (nSPS) is 10.2. The molecule has 100 valence electrons. The predicted octanol–water partition coefficient (Wildman–Crippen LogP) is -1.16. The van der Waals surface area contributed by atoms with E-state index >= 15 is 0 Å². The van der Waals surface area contributed by atoms with E-state index in [1.165, 1.54) is 11.8 Å². The molecular formula is C14H15ClN2O2. The van der Waals surface area contributed by atoms with Gasteiger partial charge in [0.25, 0.3) is 0 Å². The molecule has 0 radical (unpaired) electrons. The molecule has 19 heavy (non-hydrogen) atoms. The maximum absolute atomic E-state index is 8.42. The first-order valence-electron chi connectivity index (χ1n) is 5.61. The third-order valence-electron chi connectivity index (χ3n) is 2.65. The van der Waals surface area contributed by atoms with Crippen LogP contribution >= 0.6 is 0 Å². The minimum atomic E-state index is 0. The molecule has 0 aliphatic rings. The minimum Gasteiger partial charge on any atom is -1.00 e. The summed E-state index contributed by atoms with van der Waals surface area (Å²) in [6.07, 6.45) is 5.29. The standard InChI is InChI=1S/C14H14N2O2.ClH/c1-18-14-4-2-13(3-5-14)11-16-8-6-12(7-9-16)10-15-17;/h2-10H,11H2,1H3;1H. The highest BCUT2D eigenvalue weighted by atomic mass is 35.5. The van der Waals surface area contributed by atoms with Crippen LogP contribution in [-0.2, 0) is 6.54 Å². The second-order valence-electron chi connectivity index (χ2n) is 3.90. The van der Waals surface area contributed by atoms with Crippen LogP contribution in [0.4, 0.5) is 0 Å². The van der Waals surface area contributed by atoms with Gasteiger partial charge in [-0.3, -0.25) is 0 Å². The highest BCUT2D eigenvalue weighted by Crippen LogP contribution is 2.10. The Morgan fingerprint density at radius 2 is 1.79 bits per heavy atom. The fourth-order valence-corrected chi connectivity index (χ4v) is 1.67. The van der Waals surface area contributed by atoms with Gasteiger partial charge in [0.1, 0.15) is 5.75 Å². The molecule has 0 aliphatic heterocycles. The summed E-state index contributed by atoms with van der Waals surface area (Å²) in [7, 11) is 1.66. The van der Waals surface area contributed by atoms with Gasteiger partial charge < -0.3 is 22.4 Å². The van der Waals surface area contributed by atoms with Crippen LogP contribution in [0.2, 0.25) is 0 Å². The molecule has 2 rings (SSSR count). The molecule has 0 unspecified atom stereocenters. The molecule has 2 aromatic rings. The van der Waals surface area contributed by atoms with Crippen molar-refractivity contribution in [1.82, 2.24) is 0 Å². The first-order valence-corrected chi connectivity index (χ1v) is 5.61. The van der Waals surface area contributed by atoms with E-state index in [0.717, 1.165) is 17.9 Å². The number of benzene rings is 1. The van der Waals surface area contributed by atoms with Gasteiger partial charge in [0, 0.05) is 23.3 Å². The van der Waals surface area contributed by atoms with Crippen LogP contribution in [-0.4, -0.2) is 18.5 Å². The van der Waals surface area contributed by atoms with Gasteiger partial charge in [-0.05, 0) is 24.3 Å². The fourth-order valence-electron chi connectivity index (χ4n) is 1.67. The van der Waals surface area contributed by atoms with Gasteiger partial charge in [-0.25, -0.2) is 4.57 Å². The number of halogens is 1. The first-order chi connectivity index (χ1) is 8.81. The zero-order chi connectivity index (χ0) is 12.8. The van der Waals surface area contributed by atoms with E-state index in [0.29, 0.717) is 0 Å². The van der Waals surface area contributed by atoms with E-state index in [9.17, 15) is 0 Å². The van der Waals surface area contributed by atoms with Crippen molar-refractivity contribution in [1.29, 1.82) is 0 Å². The lowest BCUT2D eigenvalue weighted by atomic mass is 10.2. The summed E-state index contributed by atoms with van der Waals surface area (Å²) >= 11 is 0. The molecule has 1 N–H and O–H groups in total. The summed E-state index contributed by atoms with van der Waals surface area (Å²) in [5.74, 6) is 0.859. The van der Waals surface area contributed by atoms with Crippen LogP contribution < -0.4 is 21.7 Å². The molecule has 1 heterocycles. The summed E-state index contributed by atoms with van der Waals surface area (Å²) in [6, 6.07) is 11.8. The number of ether oxygens (including phenoxy) is 1. The molecular weight excluding hydrogens is 264 g/mol. The Morgan fingerprint density at radius 1 is 1.16 bits per heavy atom. The molecule has 0 saturated carbocycles. The Bertz CT molecular complexity index is 524. The second kappa shape index (κ2) is 7.38. The van der Waals surface area contributed by atoms with E-state index in [-0.39, 0.29) is 12.4 Å². The Labute approximate surface area is 118 Å². The predicted molar refractivity (Wildman–Crippen MR) is 68.1 cm³/mol. The van der Waals surface area contributed by atoms with Crippen molar-refractivity contribution < 1.29 is 26.9 Å². The average Bonchev–Trinajstić information content (AvgIpc) is 2.42. The maximum Gasteiger partial charge on any atom is 0.173 e. The number of aromatic nitrogens is 1. The molecule has 0 atom stereocenters. The number of hydrogen-bond donors (Lipinski definition) is 1. The molecule has 1 aromatic carbocycles. The molecule has 0 spiro atoms. The van der Waals surface area contributed by atoms with Crippen LogP contribution in [0.3, 0.4) is 0 Å². The lowest BCUT2D eigenvalue weighted by molar-refractivity contribution is -0.688. The number of hydrogen-bond acceptors (Lipinski definition) is 3. The topological polar surface area (TPSA) is 45.7 Å². The van der Waals surface area contributed by atoms with Gasteiger partial charge in [-0.1, -0.05) is 5.16 Å². The highest BCUT2D eigenvalue weighted by molar-refractivity contribution is 5.78. The van der Waals surface area contributed by atoms with Crippen molar-refractivity contribution in [2.24, 2.45) is 5.16 Å². The third kappa shape index (κ3) is 4.26. The van der Waals surface area contributed by atoms with Crippen molar-refractivity contribution >= 4 is 6.21 Å². The van der Waals surface area contributed by atoms with E-state index in [1.807, 2.05) is 48.8 Å². The SMILES string of the molecule is COc1ccc(C[n+]2ccc(/C=N/O)cc2)cc1.[Cl-]. The Hall–Kier alpha value is -2.07. The zero-order valence-corrected chi connectivity index (χ0v) is 11.3. The fraction of sp³-hybridized carbons (Fsp3) is 0.143. The molecule has 5 heteroatoms. The summed E-state index contributed by atoms with van der Waals surface area (Å²) < 4.78 is 7.17. The summed E-state index contributed by atoms with van der Waals surface area (Å²) in [5, 5.41) is 11.4. The highest BCUT2D eigenvalue weighted by Gasteiger charge is 2.02. The number of pyridine rings is 1. The number of methoxy groups -OCH3 is 1. The first kappa shape index (κ1) is 15.0. The van der Waals surface area contributed by atoms with E-state index in [4.69, 9.17) is 9.94 Å². The van der Waals surface area contributed by atoms with Gasteiger partial charge >= 0.3 is 0 Å². The molecule has 0 saturated heterocycles. The van der Waals surface area contributed by atoms with Gasteiger partial charge in [-0.2, -0.15) is 0 Å². The number of rotatable bonds is 4. The van der Waals surface area contributed by atoms with Crippen molar-refractivity contribution in [3.05, 3.63) is 59.9 Å². The van der Waals surface area contributed by atoms with Crippen molar-refractivity contribution in [3.8, 4) is 5.75 Å². The summed E-state index contributed by atoms with van der Waals surface area (Å²) in [6.45, 7) is 0.792. The quantitative estimate of drug-likeness (QED) is 0.332. The van der Waals surface area contributed by atoms with Crippen LogP contribution in [0.25, 0.3) is 0 Å². The molecule has 1 aromatic heterocycles. The largest absolute Gasteiger partial charge is 1.00 e. The van der Waals surface area contributed by atoms with E-state index in [1.54, 1.807) is 7.11 Å². The molecule has 0 fully saturated rings. The van der Waals surface area contributed by atoms with Crippen LogP contribution in [0.15, 0.2) is 53.9 Å². The van der Waals surface area contributed by atoms with Crippen molar-refractivity contribution in [2.45, 2.75) is 6.54 Å². The van der Waals surface area contributed by atoms with Crippen LogP contribution in [0, 0.1) is 0 Å². The van der Waals surface area contributed by atoms with E-state index in [2.05, 4.69) is 9.72 Å². The van der Waals surface area contributed by atoms with Crippen LogP contribution in [0.1, 0.15) is 11.1 Å². The second-order valence-corrected chi connectivity index (χ2v) is 3.90. The zero-order valence-electron chi connectivity index (χ0n) is 10.5. The minimum absolute atomic E-state index is 0. The molecule has 0 bridgehead atoms. The number of oxime groups is 1. The van der Waals surface area contributed by atoms with Crippen molar-refractivity contribution in [3.63, 3.8) is 0 Å². The number of nitrogens with zero attached hydrogens (tertiary/aromatic N) is 2. The lowest BCUT2D eigenvalue weighted by Gasteiger charge is -2.01. The van der Waals surface area contributed by atoms with Gasteiger partial charge in [0.05, 0.1) is 13.3 Å². The summed E-state index contributed by atoms with van der Waals surface area (Å²) in [5.41, 5.74) is 2.06. The lowest BCUT2D eigenvalue weighted by Crippen LogP contribution is -3.00. The van der Waals surface area contributed by atoms with Crippen LogP contribution in [0.5, 0.6) is 5.75 Å². The van der Waals surface area contributed by atoms with Gasteiger partial charge in [0.2, 0.25) is 0 Å². The molecule has 4 nitrogen and oxygen atoms in total. The van der Waals surface area contributed by atoms with Crippen molar-refractivity contribution in [2.75, 3.05) is 7.11 Å². The monoisotopic (exact) mass is 278 g/mol. The third-order valence-corrected chi connectivity index (χ3v) is 2.65. The summed E-state index contributed by atoms with van der Waals surface area (Å²) in [4.78, 5) is 0.